The van der Waals surface area contributed by atoms with Crippen LogP contribution in [0.25, 0.3) is 0 Å². The summed E-state index contributed by atoms with van der Waals surface area (Å²) in [5.41, 5.74) is -2.03. The molecule has 5 heteroatoms. The SMILES string of the molecule is CC(C)(O)NC(C)(C)O.OCCO. The largest absolute Gasteiger partial charge is 0.394 e. The molecule has 0 rings (SSSR count). The van der Waals surface area contributed by atoms with E-state index in [0.29, 0.717) is 0 Å². The van der Waals surface area contributed by atoms with Gasteiger partial charge in [-0.2, -0.15) is 0 Å². The van der Waals surface area contributed by atoms with Crippen molar-refractivity contribution >= 4 is 0 Å². The molecule has 0 unspecified atom stereocenters. The van der Waals surface area contributed by atoms with Crippen LogP contribution in [0.15, 0.2) is 0 Å². The maximum absolute atomic E-state index is 9.08. The molecule has 0 aromatic rings. The number of aliphatic hydroxyl groups is 4. The zero-order chi connectivity index (χ0) is 11.1. The van der Waals surface area contributed by atoms with Gasteiger partial charge in [0.05, 0.1) is 13.2 Å². The monoisotopic (exact) mass is 195 g/mol. The molecule has 0 fully saturated rings. The average molecular weight is 195 g/mol. The predicted octanol–water partition coefficient (Wildman–Crippen LogP) is -0.996. The third-order valence-corrected chi connectivity index (χ3v) is 0.712. The lowest BCUT2D eigenvalue weighted by atomic mass is 10.2. The number of rotatable bonds is 3. The summed E-state index contributed by atoms with van der Waals surface area (Å²) in [6, 6.07) is 0. The Morgan fingerprint density at radius 3 is 1.08 bits per heavy atom. The van der Waals surface area contributed by atoms with Gasteiger partial charge >= 0.3 is 0 Å². The van der Waals surface area contributed by atoms with E-state index in [4.69, 9.17) is 20.4 Å². The van der Waals surface area contributed by atoms with Gasteiger partial charge in [-0.1, -0.05) is 0 Å². The zero-order valence-corrected chi connectivity index (χ0v) is 8.70. The van der Waals surface area contributed by atoms with Gasteiger partial charge in [0.2, 0.25) is 0 Å². The molecule has 0 saturated carbocycles. The van der Waals surface area contributed by atoms with Crippen molar-refractivity contribution in [3.63, 3.8) is 0 Å². The van der Waals surface area contributed by atoms with Crippen LogP contribution in [0.2, 0.25) is 0 Å². The highest BCUT2D eigenvalue weighted by molar-refractivity contribution is 4.70. The molecule has 5 N–H and O–H groups in total. The molecule has 0 amide bonds. The minimum absolute atomic E-state index is 0.125. The second kappa shape index (κ2) is 6.28. The summed E-state index contributed by atoms with van der Waals surface area (Å²) < 4.78 is 0. The Labute approximate surface area is 79.0 Å². The van der Waals surface area contributed by atoms with Crippen LogP contribution < -0.4 is 5.32 Å². The summed E-state index contributed by atoms with van der Waals surface area (Å²) in [6.07, 6.45) is 0. The maximum Gasteiger partial charge on any atom is 0.112 e. The number of aliphatic hydroxyl groups excluding tert-OH is 2. The van der Waals surface area contributed by atoms with Crippen molar-refractivity contribution in [3.8, 4) is 0 Å². The van der Waals surface area contributed by atoms with Crippen LogP contribution in [0.3, 0.4) is 0 Å². The molecule has 0 bridgehead atoms. The third kappa shape index (κ3) is 24.5. The normalized spacial score (nSPS) is 12.0. The molecule has 0 radical (unpaired) electrons. The van der Waals surface area contributed by atoms with Crippen LogP contribution in [0.4, 0.5) is 0 Å². The summed E-state index contributed by atoms with van der Waals surface area (Å²) >= 11 is 0. The summed E-state index contributed by atoms with van der Waals surface area (Å²) in [6.45, 7) is 6.05. The Bertz CT molecular complexity index is 100. The van der Waals surface area contributed by atoms with Crippen molar-refractivity contribution in [1.82, 2.24) is 5.32 Å². The van der Waals surface area contributed by atoms with Gasteiger partial charge in [-0.3, -0.25) is 5.32 Å². The van der Waals surface area contributed by atoms with E-state index in [1.165, 1.54) is 0 Å². The molecule has 0 aliphatic carbocycles. The first-order valence-electron chi connectivity index (χ1n) is 4.08. The Kier molecular flexibility index (Phi) is 7.39. The minimum Gasteiger partial charge on any atom is -0.394 e. The van der Waals surface area contributed by atoms with Crippen molar-refractivity contribution in [2.24, 2.45) is 0 Å². The molecule has 0 aromatic carbocycles. The van der Waals surface area contributed by atoms with E-state index in [0.717, 1.165) is 0 Å². The number of hydrogen-bond donors (Lipinski definition) is 5. The van der Waals surface area contributed by atoms with E-state index in [2.05, 4.69) is 5.32 Å². The van der Waals surface area contributed by atoms with E-state index in [1.54, 1.807) is 27.7 Å². The van der Waals surface area contributed by atoms with Crippen LogP contribution >= 0.6 is 0 Å². The second-order valence-corrected chi connectivity index (χ2v) is 3.69. The third-order valence-electron chi connectivity index (χ3n) is 0.712. The highest BCUT2D eigenvalue weighted by atomic mass is 16.3. The number of nitrogens with one attached hydrogen (secondary N) is 1. The predicted molar refractivity (Wildman–Crippen MR) is 49.9 cm³/mol. The Morgan fingerprint density at radius 1 is 0.846 bits per heavy atom. The molecule has 0 heterocycles. The lowest BCUT2D eigenvalue weighted by molar-refractivity contribution is -0.0634. The summed E-state index contributed by atoms with van der Waals surface area (Å²) in [5.74, 6) is 0. The number of hydrogen-bond acceptors (Lipinski definition) is 5. The van der Waals surface area contributed by atoms with E-state index in [9.17, 15) is 0 Å². The van der Waals surface area contributed by atoms with Gasteiger partial charge in [-0.05, 0) is 27.7 Å². The lowest BCUT2D eigenvalue weighted by Crippen LogP contribution is -2.51. The van der Waals surface area contributed by atoms with Crippen LogP contribution in [-0.2, 0) is 0 Å². The van der Waals surface area contributed by atoms with E-state index >= 15 is 0 Å². The smallest absolute Gasteiger partial charge is 0.112 e. The second-order valence-electron chi connectivity index (χ2n) is 3.69. The molecule has 0 aromatic heterocycles. The summed E-state index contributed by atoms with van der Waals surface area (Å²) in [5, 5.41) is 36.0. The first-order valence-corrected chi connectivity index (χ1v) is 4.08. The van der Waals surface area contributed by atoms with E-state index < -0.39 is 11.4 Å². The fourth-order valence-electron chi connectivity index (χ4n) is 0.749. The zero-order valence-electron chi connectivity index (χ0n) is 8.70. The van der Waals surface area contributed by atoms with Gasteiger partial charge < -0.3 is 20.4 Å². The average Bonchev–Trinajstić information content (AvgIpc) is 1.80. The van der Waals surface area contributed by atoms with Crippen LogP contribution in [-0.4, -0.2) is 45.1 Å². The summed E-state index contributed by atoms with van der Waals surface area (Å²) in [7, 11) is 0. The van der Waals surface area contributed by atoms with Crippen molar-refractivity contribution in [2.75, 3.05) is 13.2 Å². The molecule has 0 atom stereocenters. The fourth-order valence-corrected chi connectivity index (χ4v) is 0.749. The van der Waals surface area contributed by atoms with Gasteiger partial charge in [0, 0.05) is 0 Å². The molecule has 82 valence electrons. The first kappa shape index (κ1) is 15.3. The minimum atomic E-state index is -1.02. The molecule has 13 heavy (non-hydrogen) atoms. The van der Waals surface area contributed by atoms with Crippen LogP contribution in [0, 0.1) is 0 Å². The topological polar surface area (TPSA) is 93.0 Å². The van der Waals surface area contributed by atoms with Gasteiger partial charge in [0.15, 0.2) is 0 Å². The highest BCUT2D eigenvalue weighted by Gasteiger charge is 2.21. The van der Waals surface area contributed by atoms with Crippen molar-refractivity contribution in [3.05, 3.63) is 0 Å². The Balaban J connectivity index is 0. The van der Waals surface area contributed by atoms with Crippen molar-refractivity contribution < 1.29 is 20.4 Å². The summed E-state index contributed by atoms with van der Waals surface area (Å²) in [4.78, 5) is 0. The van der Waals surface area contributed by atoms with E-state index in [1.807, 2.05) is 0 Å². The standard InChI is InChI=1S/C6H15NO2.C2H6O2/c1-5(2,8)7-6(3,4)9;3-1-2-4/h7-9H,1-4H3;3-4H,1-2H2. The van der Waals surface area contributed by atoms with E-state index in [-0.39, 0.29) is 13.2 Å². The molecule has 0 spiro atoms. The van der Waals surface area contributed by atoms with Crippen molar-refractivity contribution in [2.45, 2.75) is 39.1 Å². The van der Waals surface area contributed by atoms with Crippen molar-refractivity contribution in [1.29, 1.82) is 0 Å². The molecule has 0 aliphatic rings. The quantitative estimate of drug-likeness (QED) is 0.373. The van der Waals surface area contributed by atoms with Crippen LogP contribution in [0.1, 0.15) is 27.7 Å². The van der Waals surface area contributed by atoms with Crippen LogP contribution in [0.5, 0.6) is 0 Å². The molecular formula is C8H21NO4. The Hall–Kier alpha value is -0.200. The van der Waals surface area contributed by atoms with Gasteiger partial charge in [-0.25, -0.2) is 0 Å². The fraction of sp³-hybridized carbons (Fsp3) is 1.00. The first-order chi connectivity index (χ1) is 5.62. The van der Waals surface area contributed by atoms with Gasteiger partial charge in [0.1, 0.15) is 11.4 Å². The molecule has 0 aliphatic heterocycles. The maximum atomic E-state index is 9.08. The lowest BCUT2D eigenvalue weighted by Gasteiger charge is -2.28. The van der Waals surface area contributed by atoms with Gasteiger partial charge in [0.25, 0.3) is 0 Å². The van der Waals surface area contributed by atoms with Gasteiger partial charge in [-0.15, -0.1) is 0 Å². The highest BCUT2D eigenvalue weighted by Crippen LogP contribution is 2.03. The molecule has 0 saturated heterocycles. The molecule has 5 nitrogen and oxygen atoms in total. The molecular weight excluding hydrogens is 174 g/mol. The Morgan fingerprint density at radius 2 is 1.08 bits per heavy atom.